The van der Waals surface area contributed by atoms with E-state index in [1.165, 1.54) is 14.2 Å². The Hall–Kier alpha value is -3.42. The second-order valence-electron chi connectivity index (χ2n) is 7.33. The van der Waals surface area contributed by atoms with Crippen LogP contribution in [0.5, 0.6) is 11.5 Å². The summed E-state index contributed by atoms with van der Waals surface area (Å²) in [5.41, 5.74) is 0.308. The van der Waals surface area contributed by atoms with Crippen molar-refractivity contribution in [3.05, 3.63) is 71.3 Å². The summed E-state index contributed by atoms with van der Waals surface area (Å²) in [5.74, 6) is -2.55. The fraction of sp³-hybridized carbons (Fsp3) is 0.333. The number of halogens is 2. The lowest BCUT2D eigenvalue weighted by molar-refractivity contribution is -0.146. The van der Waals surface area contributed by atoms with E-state index in [1.807, 2.05) is 6.08 Å². The van der Waals surface area contributed by atoms with Gasteiger partial charge in [0, 0.05) is 6.04 Å². The third-order valence-electron chi connectivity index (χ3n) is 5.34. The molecule has 0 aliphatic heterocycles. The van der Waals surface area contributed by atoms with Gasteiger partial charge in [0.25, 0.3) is 5.91 Å². The van der Waals surface area contributed by atoms with Crippen LogP contribution in [-0.4, -0.2) is 38.7 Å². The molecular weight excluding hydrogens is 420 g/mol. The molecule has 1 amide bonds. The Morgan fingerprint density at radius 3 is 2.50 bits per heavy atom. The molecule has 3 atom stereocenters. The Labute approximate surface area is 185 Å². The molecule has 0 aromatic heterocycles. The molecule has 170 valence electrons. The molecule has 0 fully saturated rings. The van der Waals surface area contributed by atoms with Gasteiger partial charge in [0.2, 0.25) is 0 Å². The summed E-state index contributed by atoms with van der Waals surface area (Å²) >= 11 is 0. The first-order valence-corrected chi connectivity index (χ1v) is 10.2. The zero-order chi connectivity index (χ0) is 23.3. The van der Waals surface area contributed by atoms with Crippen LogP contribution in [0.25, 0.3) is 0 Å². The van der Waals surface area contributed by atoms with Crippen LogP contribution in [0.1, 0.15) is 35.2 Å². The summed E-state index contributed by atoms with van der Waals surface area (Å²) < 4.78 is 43.3. The van der Waals surface area contributed by atoms with Gasteiger partial charge in [0.15, 0.2) is 11.5 Å². The quantitative estimate of drug-likeness (QED) is 0.491. The van der Waals surface area contributed by atoms with Gasteiger partial charge < -0.3 is 19.5 Å². The molecule has 3 rings (SSSR count). The molecule has 0 bridgehead atoms. The molecule has 32 heavy (non-hydrogen) atoms. The molecule has 1 aliphatic carbocycles. The van der Waals surface area contributed by atoms with E-state index >= 15 is 0 Å². The van der Waals surface area contributed by atoms with E-state index in [4.69, 9.17) is 14.2 Å². The molecule has 2 aromatic carbocycles. The third kappa shape index (κ3) is 5.07. The van der Waals surface area contributed by atoms with Crippen molar-refractivity contribution in [2.45, 2.75) is 25.3 Å². The zero-order valence-electron chi connectivity index (χ0n) is 18.1. The van der Waals surface area contributed by atoms with E-state index in [1.54, 1.807) is 31.2 Å². The van der Waals surface area contributed by atoms with Crippen LogP contribution in [0.4, 0.5) is 8.78 Å². The Morgan fingerprint density at radius 1 is 1.06 bits per heavy atom. The van der Waals surface area contributed by atoms with E-state index in [0.717, 1.165) is 18.2 Å². The lowest BCUT2D eigenvalue weighted by Crippen LogP contribution is -2.34. The average Bonchev–Trinajstić information content (AvgIpc) is 3.23. The van der Waals surface area contributed by atoms with E-state index in [0.29, 0.717) is 23.5 Å². The topological polar surface area (TPSA) is 73.9 Å². The normalized spacial score (nSPS) is 18.2. The summed E-state index contributed by atoms with van der Waals surface area (Å²) in [6.45, 7) is 1.95. The predicted octanol–water partition coefficient (Wildman–Crippen LogP) is 4.00. The minimum atomic E-state index is -0.808. The summed E-state index contributed by atoms with van der Waals surface area (Å²) in [5, 5.41) is 2.68. The number of ether oxygens (including phenoxy) is 3. The van der Waals surface area contributed by atoms with Crippen LogP contribution in [0.2, 0.25) is 0 Å². The molecular formula is C24H25F2NO5. The van der Waals surface area contributed by atoms with Crippen LogP contribution in [0.15, 0.2) is 48.6 Å². The zero-order valence-corrected chi connectivity index (χ0v) is 18.1. The first-order valence-electron chi connectivity index (χ1n) is 10.2. The number of carbonyl (C=O) groups is 2. The van der Waals surface area contributed by atoms with Crippen LogP contribution < -0.4 is 14.8 Å². The minimum Gasteiger partial charge on any atom is -0.493 e. The molecule has 1 N–H and O–H groups in total. The third-order valence-corrected chi connectivity index (χ3v) is 5.34. The van der Waals surface area contributed by atoms with E-state index < -0.39 is 35.5 Å². The van der Waals surface area contributed by atoms with E-state index in [-0.39, 0.29) is 18.1 Å². The van der Waals surface area contributed by atoms with Gasteiger partial charge in [-0.05, 0) is 55.2 Å². The Balaban J connectivity index is 1.79. The van der Waals surface area contributed by atoms with Crippen molar-refractivity contribution in [1.29, 1.82) is 0 Å². The van der Waals surface area contributed by atoms with Gasteiger partial charge in [0.1, 0.15) is 11.6 Å². The molecule has 0 radical (unpaired) electrons. The van der Waals surface area contributed by atoms with Crippen molar-refractivity contribution in [3.63, 3.8) is 0 Å². The highest BCUT2D eigenvalue weighted by molar-refractivity contribution is 5.94. The second kappa shape index (κ2) is 10.3. The van der Waals surface area contributed by atoms with Crippen molar-refractivity contribution in [3.8, 4) is 11.5 Å². The average molecular weight is 445 g/mol. The number of hydrogen-bond acceptors (Lipinski definition) is 5. The SMILES string of the molecule is CCOC(=O)[C@H](c1ccc(OC)c(OC)c1)[C@H]1C=C[C@@H](NC(=O)c2cc(F)ccc2F)C1. The van der Waals surface area contributed by atoms with Crippen molar-refractivity contribution < 1.29 is 32.6 Å². The maximum absolute atomic E-state index is 13.9. The van der Waals surface area contributed by atoms with Gasteiger partial charge >= 0.3 is 5.97 Å². The molecule has 6 nitrogen and oxygen atoms in total. The van der Waals surface area contributed by atoms with Crippen molar-refractivity contribution in [2.24, 2.45) is 5.92 Å². The molecule has 0 heterocycles. The molecule has 8 heteroatoms. The summed E-state index contributed by atoms with van der Waals surface area (Å²) in [6, 6.07) is 7.47. The molecule has 2 aromatic rings. The number of allylic oxidation sites excluding steroid dienone is 1. The standard InChI is InChI=1S/C24H25F2NO5/c1-4-32-24(29)22(15-6-10-20(30-2)21(12-15)31-3)14-5-8-17(11-14)27-23(28)18-13-16(25)7-9-19(18)26/h5-10,12-14,17,22H,4,11H2,1-3H3,(H,27,28)/t14-,17+,22-/m0/s1. The Kier molecular flexibility index (Phi) is 7.45. The molecule has 0 saturated heterocycles. The van der Waals surface area contributed by atoms with Crippen LogP contribution in [0.3, 0.4) is 0 Å². The van der Waals surface area contributed by atoms with Crippen LogP contribution in [0, 0.1) is 17.6 Å². The van der Waals surface area contributed by atoms with Gasteiger partial charge in [-0.3, -0.25) is 9.59 Å². The number of esters is 1. The van der Waals surface area contributed by atoms with Crippen molar-refractivity contribution >= 4 is 11.9 Å². The fourth-order valence-electron chi connectivity index (χ4n) is 3.84. The highest BCUT2D eigenvalue weighted by Crippen LogP contribution is 2.38. The summed E-state index contributed by atoms with van der Waals surface area (Å²) in [4.78, 5) is 25.2. The Bertz CT molecular complexity index is 1020. The fourth-order valence-corrected chi connectivity index (χ4v) is 3.84. The maximum atomic E-state index is 13.9. The number of nitrogens with one attached hydrogen (secondary N) is 1. The van der Waals surface area contributed by atoms with E-state index in [2.05, 4.69) is 5.32 Å². The van der Waals surface area contributed by atoms with Crippen LogP contribution in [-0.2, 0) is 9.53 Å². The monoisotopic (exact) mass is 445 g/mol. The summed E-state index contributed by atoms with van der Waals surface area (Å²) in [7, 11) is 3.03. The van der Waals surface area contributed by atoms with Gasteiger partial charge in [-0.2, -0.15) is 0 Å². The van der Waals surface area contributed by atoms with Crippen molar-refractivity contribution in [1.82, 2.24) is 5.32 Å². The molecule has 0 saturated carbocycles. The van der Waals surface area contributed by atoms with Gasteiger partial charge in [-0.1, -0.05) is 18.2 Å². The first kappa shape index (κ1) is 23.2. The number of hydrogen-bond donors (Lipinski definition) is 1. The molecule has 0 spiro atoms. The number of amides is 1. The highest BCUT2D eigenvalue weighted by Gasteiger charge is 2.35. The number of methoxy groups -OCH3 is 2. The van der Waals surface area contributed by atoms with Gasteiger partial charge in [0.05, 0.1) is 32.3 Å². The molecule has 0 unspecified atom stereocenters. The lowest BCUT2D eigenvalue weighted by Gasteiger charge is -2.23. The number of carbonyl (C=O) groups excluding carboxylic acids is 2. The maximum Gasteiger partial charge on any atom is 0.314 e. The van der Waals surface area contributed by atoms with Crippen molar-refractivity contribution in [2.75, 3.05) is 20.8 Å². The second-order valence-corrected chi connectivity index (χ2v) is 7.33. The number of rotatable bonds is 8. The van der Waals surface area contributed by atoms with Gasteiger partial charge in [-0.15, -0.1) is 0 Å². The summed E-state index contributed by atoms with van der Waals surface area (Å²) in [6.07, 6.45) is 3.96. The first-order chi connectivity index (χ1) is 15.4. The van der Waals surface area contributed by atoms with Gasteiger partial charge in [-0.25, -0.2) is 8.78 Å². The number of benzene rings is 2. The lowest BCUT2D eigenvalue weighted by atomic mass is 9.85. The largest absolute Gasteiger partial charge is 0.493 e. The van der Waals surface area contributed by atoms with Crippen LogP contribution >= 0.6 is 0 Å². The Morgan fingerprint density at radius 2 is 1.81 bits per heavy atom. The smallest absolute Gasteiger partial charge is 0.314 e. The predicted molar refractivity (Wildman–Crippen MR) is 114 cm³/mol. The highest BCUT2D eigenvalue weighted by atomic mass is 19.1. The molecule has 1 aliphatic rings. The minimum absolute atomic E-state index is 0.220. The van der Waals surface area contributed by atoms with E-state index in [9.17, 15) is 18.4 Å².